The zero-order valence-electron chi connectivity index (χ0n) is 9.95. The van der Waals surface area contributed by atoms with Gasteiger partial charge in [-0.15, -0.1) is 11.3 Å². The lowest BCUT2D eigenvalue weighted by molar-refractivity contribution is 0.630. The fourth-order valence-electron chi connectivity index (χ4n) is 1.89. The van der Waals surface area contributed by atoms with Crippen LogP contribution in [0, 0.1) is 12.7 Å². The molecule has 3 nitrogen and oxygen atoms in total. The number of anilines is 1. The lowest BCUT2D eigenvalue weighted by Crippen LogP contribution is -1.98. The summed E-state index contributed by atoms with van der Waals surface area (Å²) < 4.78 is 13.9. The summed E-state index contributed by atoms with van der Waals surface area (Å²) >= 11 is 7.51. The number of hydrogen-bond donors (Lipinski definition) is 1. The number of rotatable bonds is 1. The molecule has 0 aliphatic heterocycles. The summed E-state index contributed by atoms with van der Waals surface area (Å²) in [5.41, 5.74) is 6.08. The van der Waals surface area contributed by atoms with Crippen LogP contribution in [0.3, 0.4) is 0 Å². The summed E-state index contributed by atoms with van der Waals surface area (Å²) in [4.78, 5) is 10.3. The fraction of sp³-hybridized carbons (Fsp3) is 0.0769. The maximum absolute atomic E-state index is 13.9. The number of nitrogens with two attached hydrogens (primary N) is 1. The van der Waals surface area contributed by atoms with Crippen LogP contribution in [-0.4, -0.2) is 9.97 Å². The lowest BCUT2D eigenvalue weighted by atomic mass is 10.2. The highest BCUT2D eigenvalue weighted by atomic mass is 35.5. The van der Waals surface area contributed by atoms with Gasteiger partial charge >= 0.3 is 0 Å². The molecule has 3 rings (SSSR count). The summed E-state index contributed by atoms with van der Waals surface area (Å²) in [5, 5.41) is 1.06. The molecule has 2 aromatic heterocycles. The molecule has 0 aliphatic rings. The molecule has 2 N–H and O–H groups in total. The molecule has 96 valence electrons. The molecule has 0 spiro atoms. The Labute approximate surface area is 117 Å². The minimum atomic E-state index is -0.459. The Morgan fingerprint density at radius 3 is 2.84 bits per heavy atom. The van der Waals surface area contributed by atoms with E-state index in [4.69, 9.17) is 17.3 Å². The van der Waals surface area contributed by atoms with Crippen LogP contribution in [0.4, 0.5) is 10.2 Å². The first-order chi connectivity index (χ1) is 9.06. The maximum Gasteiger partial charge on any atom is 0.167 e. The van der Waals surface area contributed by atoms with Crippen molar-refractivity contribution in [2.24, 2.45) is 0 Å². The molecule has 0 saturated carbocycles. The molecule has 0 radical (unpaired) electrons. The van der Waals surface area contributed by atoms with Gasteiger partial charge in [-0.25, -0.2) is 14.4 Å². The third-order valence-electron chi connectivity index (χ3n) is 2.73. The van der Waals surface area contributed by atoms with E-state index in [1.54, 1.807) is 12.1 Å². The molecule has 0 saturated heterocycles. The number of nitrogens with zero attached hydrogens (tertiary/aromatic N) is 2. The summed E-state index contributed by atoms with van der Waals surface area (Å²) in [6.45, 7) is 1.96. The van der Waals surface area contributed by atoms with Crippen LogP contribution < -0.4 is 5.73 Å². The summed E-state index contributed by atoms with van der Waals surface area (Å²) in [5.74, 6) is 0.0955. The minimum Gasteiger partial charge on any atom is -0.383 e. The molecule has 1 aromatic carbocycles. The van der Waals surface area contributed by atoms with Crippen LogP contribution in [0.1, 0.15) is 4.88 Å². The van der Waals surface area contributed by atoms with Crippen molar-refractivity contribution in [3.8, 4) is 11.4 Å². The number of aryl methyl sites for hydroxylation is 1. The smallest absolute Gasteiger partial charge is 0.167 e. The molecular formula is C13H9ClFN3S. The third kappa shape index (κ3) is 2.05. The van der Waals surface area contributed by atoms with Gasteiger partial charge in [0.1, 0.15) is 16.5 Å². The second-order valence-corrected chi connectivity index (χ2v) is 5.75. The number of hydrogen-bond acceptors (Lipinski definition) is 4. The van der Waals surface area contributed by atoms with Gasteiger partial charge in [-0.3, -0.25) is 0 Å². The van der Waals surface area contributed by atoms with Crippen LogP contribution in [0.2, 0.25) is 5.02 Å². The monoisotopic (exact) mass is 293 g/mol. The van der Waals surface area contributed by atoms with Crippen molar-refractivity contribution in [2.75, 3.05) is 5.73 Å². The predicted octanol–water partition coefficient (Wildman–Crippen LogP) is 4.04. The van der Waals surface area contributed by atoms with E-state index in [1.165, 1.54) is 17.4 Å². The fourth-order valence-corrected chi connectivity index (χ4v) is 3.02. The van der Waals surface area contributed by atoms with Gasteiger partial charge in [0.25, 0.3) is 0 Å². The van der Waals surface area contributed by atoms with Crippen LogP contribution >= 0.6 is 22.9 Å². The number of benzene rings is 1. The van der Waals surface area contributed by atoms with Gasteiger partial charge in [0, 0.05) is 4.88 Å². The molecule has 0 amide bonds. The van der Waals surface area contributed by atoms with Crippen LogP contribution in [0.5, 0.6) is 0 Å². The number of fused-ring (bicyclic) bond motifs is 1. The van der Waals surface area contributed by atoms with E-state index in [0.717, 1.165) is 15.1 Å². The van der Waals surface area contributed by atoms with Gasteiger partial charge < -0.3 is 5.73 Å². The first-order valence-corrected chi connectivity index (χ1v) is 6.74. The van der Waals surface area contributed by atoms with Gasteiger partial charge in [-0.2, -0.15) is 0 Å². The van der Waals surface area contributed by atoms with Crippen molar-refractivity contribution in [1.29, 1.82) is 0 Å². The maximum atomic E-state index is 13.9. The molecule has 0 aliphatic carbocycles. The topological polar surface area (TPSA) is 51.8 Å². The SMILES string of the molecule is Cc1cc2c(N)nc(-c3c(F)cccc3Cl)nc2s1. The molecule has 3 aromatic rings. The van der Waals surface area contributed by atoms with Crippen molar-refractivity contribution in [3.05, 3.63) is 40.0 Å². The Balaban J connectivity index is 2.31. The van der Waals surface area contributed by atoms with E-state index in [0.29, 0.717) is 5.82 Å². The van der Waals surface area contributed by atoms with Gasteiger partial charge in [0.05, 0.1) is 16.0 Å². The van der Waals surface area contributed by atoms with E-state index in [2.05, 4.69) is 9.97 Å². The van der Waals surface area contributed by atoms with Crippen molar-refractivity contribution in [2.45, 2.75) is 6.92 Å². The van der Waals surface area contributed by atoms with Crippen molar-refractivity contribution in [3.63, 3.8) is 0 Å². The van der Waals surface area contributed by atoms with Crippen molar-refractivity contribution < 1.29 is 4.39 Å². The Bertz CT molecular complexity index is 765. The average molecular weight is 294 g/mol. The number of aromatic nitrogens is 2. The van der Waals surface area contributed by atoms with E-state index in [-0.39, 0.29) is 16.4 Å². The first kappa shape index (κ1) is 12.3. The highest BCUT2D eigenvalue weighted by Gasteiger charge is 2.15. The minimum absolute atomic E-state index is 0.184. The molecule has 0 unspecified atom stereocenters. The molecular weight excluding hydrogens is 285 g/mol. The van der Waals surface area contributed by atoms with E-state index >= 15 is 0 Å². The van der Waals surface area contributed by atoms with Gasteiger partial charge in [-0.1, -0.05) is 17.7 Å². The largest absolute Gasteiger partial charge is 0.383 e. The highest BCUT2D eigenvalue weighted by molar-refractivity contribution is 7.18. The Hall–Kier alpha value is -1.72. The normalized spacial score (nSPS) is 11.1. The molecule has 2 heterocycles. The van der Waals surface area contributed by atoms with Gasteiger partial charge in [0.15, 0.2) is 5.82 Å². The molecule has 19 heavy (non-hydrogen) atoms. The molecule has 6 heteroatoms. The molecule has 0 atom stereocenters. The summed E-state index contributed by atoms with van der Waals surface area (Å²) in [7, 11) is 0. The average Bonchev–Trinajstić information content (AvgIpc) is 2.70. The zero-order valence-corrected chi connectivity index (χ0v) is 11.5. The first-order valence-electron chi connectivity index (χ1n) is 5.54. The molecule has 0 bridgehead atoms. The second kappa shape index (κ2) is 4.43. The van der Waals surface area contributed by atoms with E-state index < -0.39 is 5.82 Å². The summed E-state index contributed by atoms with van der Waals surface area (Å²) in [6.07, 6.45) is 0. The highest BCUT2D eigenvalue weighted by Crippen LogP contribution is 2.33. The standard InChI is InChI=1S/C13H9ClFN3S/c1-6-5-7-11(16)17-12(18-13(7)19-6)10-8(14)3-2-4-9(10)15/h2-5H,1H3,(H2,16,17,18). The van der Waals surface area contributed by atoms with Gasteiger partial charge in [0.2, 0.25) is 0 Å². The Morgan fingerprint density at radius 1 is 1.32 bits per heavy atom. The quantitative estimate of drug-likeness (QED) is 0.736. The van der Waals surface area contributed by atoms with Crippen LogP contribution in [0.25, 0.3) is 21.6 Å². The number of thiophene rings is 1. The number of halogens is 2. The third-order valence-corrected chi connectivity index (χ3v) is 3.99. The van der Waals surface area contributed by atoms with E-state index in [1.807, 2.05) is 13.0 Å². The Kier molecular flexibility index (Phi) is 2.88. The zero-order chi connectivity index (χ0) is 13.6. The molecule has 0 fully saturated rings. The van der Waals surface area contributed by atoms with E-state index in [9.17, 15) is 4.39 Å². The second-order valence-electron chi connectivity index (χ2n) is 4.10. The van der Waals surface area contributed by atoms with Crippen molar-refractivity contribution in [1.82, 2.24) is 9.97 Å². The van der Waals surface area contributed by atoms with Crippen LogP contribution in [0.15, 0.2) is 24.3 Å². The lowest BCUT2D eigenvalue weighted by Gasteiger charge is -2.05. The summed E-state index contributed by atoms with van der Waals surface area (Å²) in [6, 6.07) is 6.38. The Morgan fingerprint density at radius 2 is 2.11 bits per heavy atom. The van der Waals surface area contributed by atoms with Crippen LogP contribution in [-0.2, 0) is 0 Å². The number of nitrogen functional groups attached to an aromatic ring is 1. The predicted molar refractivity (Wildman–Crippen MR) is 77.0 cm³/mol. The van der Waals surface area contributed by atoms with Crippen molar-refractivity contribution >= 4 is 39.0 Å². The van der Waals surface area contributed by atoms with Gasteiger partial charge in [-0.05, 0) is 25.1 Å².